The smallest absolute Gasteiger partial charge is 0.178 e. The molecule has 0 spiro atoms. The third-order valence-corrected chi connectivity index (χ3v) is 4.45. The summed E-state index contributed by atoms with van der Waals surface area (Å²) in [5.74, 6) is 0.908. The number of aromatic nitrogens is 3. The van der Waals surface area contributed by atoms with Gasteiger partial charge in [0.15, 0.2) is 5.65 Å². The Labute approximate surface area is 145 Å². The molecule has 0 fully saturated rings. The Morgan fingerprint density at radius 1 is 0.680 bits per heavy atom. The second-order valence-corrected chi connectivity index (χ2v) is 6.01. The van der Waals surface area contributed by atoms with E-state index in [1.807, 2.05) is 24.3 Å². The lowest BCUT2D eigenvalue weighted by molar-refractivity contribution is 1.10. The zero-order valence-corrected chi connectivity index (χ0v) is 13.5. The van der Waals surface area contributed by atoms with Gasteiger partial charge in [0.2, 0.25) is 0 Å². The third kappa shape index (κ3) is 2.29. The molecule has 0 amide bonds. The molecule has 3 heteroatoms. The molecule has 3 nitrogen and oxygen atoms in total. The number of para-hydroxylation sites is 1. The van der Waals surface area contributed by atoms with Gasteiger partial charge in [0, 0.05) is 17.4 Å². The second kappa shape index (κ2) is 5.56. The van der Waals surface area contributed by atoms with Gasteiger partial charge >= 0.3 is 0 Å². The number of hydrogen-bond acceptors (Lipinski definition) is 2. The number of nitrogens with zero attached hydrogens (tertiary/aromatic N) is 3. The molecule has 0 unspecified atom stereocenters. The summed E-state index contributed by atoms with van der Waals surface area (Å²) in [6.07, 6.45) is 1.79. The SMILES string of the molecule is c1ccc(-n2c(-c3ccc4ccccc4c3)nc3ncccc32)cc1. The molecule has 2 heterocycles. The highest BCUT2D eigenvalue weighted by Crippen LogP contribution is 2.29. The van der Waals surface area contributed by atoms with Crippen LogP contribution in [0.2, 0.25) is 0 Å². The highest BCUT2D eigenvalue weighted by Gasteiger charge is 2.14. The molecule has 0 saturated carbocycles. The number of imidazole rings is 1. The predicted octanol–water partition coefficient (Wildman–Crippen LogP) is 5.24. The van der Waals surface area contributed by atoms with Gasteiger partial charge in [-0.25, -0.2) is 9.97 Å². The third-order valence-electron chi connectivity index (χ3n) is 4.45. The molecule has 5 aromatic rings. The summed E-state index contributed by atoms with van der Waals surface area (Å²) >= 11 is 0. The molecule has 0 aliphatic carbocycles. The first kappa shape index (κ1) is 13.9. The maximum atomic E-state index is 4.82. The average molecular weight is 321 g/mol. The van der Waals surface area contributed by atoms with E-state index in [0.717, 1.165) is 28.2 Å². The number of rotatable bonds is 2. The van der Waals surface area contributed by atoms with E-state index < -0.39 is 0 Å². The normalized spacial score (nSPS) is 11.2. The molecule has 0 aliphatic rings. The zero-order valence-electron chi connectivity index (χ0n) is 13.5. The Balaban J connectivity index is 1.83. The van der Waals surface area contributed by atoms with Crippen LogP contribution in [0.25, 0.3) is 39.0 Å². The van der Waals surface area contributed by atoms with E-state index in [9.17, 15) is 0 Å². The Bertz CT molecular complexity index is 1190. The highest BCUT2D eigenvalue weighted by molar-refractivity contribution is 5.88. The Kier molecular flexibility index (Phi) is 3.10. The number of benzene rings is 3. The van der Waals surface area contributed by atoms with E-state index in [1.54, 1.807) is 6.20 Å². The van der Waals surface area contributed by atoms with Gasteiger partial charge in [-0.2, -0.15) is 0 Å². The topological polar surface area (TPSA) is 30.7 Å². The fraction of sp³-hybridized carbons (Fsp3) is 0. The lowest BCUT2D eigenvalue weighted by Crippen LogP contribution is -1.97. The molecule has 0 atom stereocenters. The van der Waals surface area contributed by atoms with Gasteiger partial charge in [0.1, 0.15) is 5.82 Å². The first-order valence-electron chi connectivity index (χ1n) is 8.28. The van der Waals surface area contributed by atoms with Gasteiger partial charge in [-0.15, -0.1) is 0 Å². The molecule has 5 rings (SSSR count). The molecule has 0 radical (unpaired) electrons. The Morgan fingerprint density at radius 3 is 2.36 bits per heavy atom. The lowest BCUT2D eigenvalue weighted by Gasteiger charge is -2.10. The summed E-state index contributed by atoms with van der Waals surface area (Å²) in [4.78, 5) is 9.26. The first-order valence-corrected chi connectivity index (χ1v) is 8.28. The summed E-state index contributed by atoms with van der Waals surface area (Å²) in [6, 6.07) is 29.2. The van der Waals surface area contributed by atoms with Crippen molar-refractivity contribution in [3.63, 3.8) is 0 Å². The molecule has 2 aromatic heterocycles. The number of pyridine rings is 1. The molecule has 3 aromatic carbocycles. The van der Waals surface area contributed by atoms with Crippen molar-refractivity contribution in [3.8, 4) is 17.1 Å². The van der Waals surface area contributed by atoms with E-state index in [1.165, 1.54) is 10.8 Å². The second-order valence-electron chi connectivity index (χ2n) is 6.01. The van der Waals surface area contributed by atoms with Crippen molar-refractivity contribution >= 4 is 21.9 Å². The van der Waals surface area contributed by atoms with Crippen LogP contribution in [0.3, 0.4) is 0 Å². The van der Waals surface area contributed by atoms with Gasteiger partial charge in [0.05, 0.1) is 5.52 Å². The van der Waals surface area contributed by atoms with Crippen molar-refractivity contribution < 1.29 is 0 Å². The van der Waals surface area contributed by atoms with Gasteiger partial charge in [-0.3, -0.25) is 4.57 Å². The lowest BCUT2D eigenvalue weighted by atomic mass is 10.1. The molecule has 25 heavy (non-hydrogen) atoms. The maximum Gasteiger partial charge on any atom is 0.178 e. The van der Waals surface area contributed by atoms with Crippen LogP contribution in [-0.4, -0.2) is 14.5 Å². The van der Waals surface area contributed by atoms with Crippen LogP contribution < -0.4 is 0 Å². The van der Waals surface area contributed by atoms with Gasteiger partial charge in [-0.1, -0.05) is 54.6 Å². The maximum absolute atomic E-state index is 4.82. The van der Waals surface area contributed by atoms with Crippen LogP contribution in [0.5, 0.6) is 0 Å². The zero-order chi connectivity index (χ0) is 16.6. The van der Waals surface area contributed by atoms with E-state index in [2.05, 4.69) is 70.2 Å². The largest absolute Gasteiger partial charge is 0.291 e. The first-order chi connectivity index (χ1) is 12.4. The van der Waals surface area contributed by atoms with Crippen LogP contribution in [0.4, 0.5) is 0 Å². The Hall–Kier alpha value is -3.46. The minimum absolute atomic E-state index is 0.759. The quantitative estimate of drug-likeness (QED) is 0.445. The van der Waals surface area contributed by atoms with Crippen LogP contribution in [0.15, 0.2) is 91.1 Å². The van der Waals surface area contributed by atoms with Crippen LogP contribution in [-0.2, 0) is 0 Å². The number of hydrogen-bond donors (Lipinski definition) is 0. The highest BCUT2D eigenvalue weighted by atomic mass is 15.1. The van der Waals surface area contributed by atoms with Crippen molar-refractivity contribution in [2.45, 2.75) is 0 Å². The summed E-state index contributed by atoms with van der Waals surface area (Å²) in [6.45, 7) is 0. The van der Waals surface area contributed by atoms with Crippen LogP contribution >= 0.6 is 0 Å². The van der Waals surface area contributed by atoms with E-state index >= 15 is 0 Å². The molecule has 0 aliphatic heterocycles. The van der Waals surface area contributed by atoms with Crippen molar-refractivity contribution in [1.29, 1.82) is 0 Å². The molecule has 0 bridgehead atoms. The Morgan fingerprint density at radius 2 is 1.48 bits per heavy atom. The van der Waals surface area contributed by atoms with E-state index in [0.29, 0.717) is 0 Å². The predicted molar refractivity (Wildman–Crippen MR) is 102 cm³/mol. The van der Waals surface area contributed by atoms with Crippen molar-refractivity contribution in [2.24, 2.45) is 0 Å². The fourth-order valence-corrected chi connectivity index (χ4v) is 3.27. The standard InChI is InChI=1S/C22H15N3/c1-2-9-19(10-3-1)25-20-11-6-14-23-21(20)24-22(25)18-13-12-16-7-4-5-8-17(16)15-18/h1-15H. The van der Waals surface area contributed by atoms with E-state index in [-0.39, 0.29) is 0 Å². The van der Waals surface area contributed by atoms with Crippen LogP contribution in [0, 0.1) is 0 Å². The van der Waals surface area contributed by atoms with E-state index in [4.69, 9.17) is 4.98 Å². The monoisotopic (exact) mass is 321 g/mol. The summed E-state index contributed by atoms with van der Waals surface area (Å²) in [5, 5.41) is 2.44. The molecular weight excluding hydrogens is 306 g/mol. The minimum atomic E-state index is 0.759. The van der Waals surface area contributed by atoms with Crippen molar-refractivity contribution in [3.05, 3.63) is 91.1 Å². The summed E-state index contributed by atoms with van der Waals surface area (Å²) in [5.41, 5.74) is 3.94. The molecule has 0 saturated heterocycles. The van der Waals surface area contributed by atoms with Crippen LogP contribution in [0.1, 0.15) is 0 Å². The molecule has 0 N–H and O–H groups in total. The average Bonchev–Trinajstić information content (AvgIpc) is 3.08. The van der Waals surface area contributed by atoms with Gasteiger partial charge < -0.3 is 0 Å². The summed E-state index contributed by atoms with van der Waals surface area (Å²) in [7, 11) is 0. The molecular formula is C22H15N3. The number of fused-ring (bicyclic) bond motifs is 2. The fourth-order valence-electron chi connectivity index (χ4n) is 3.27. The van der Waals surface area contributed by atoms with Gasteiger partial charge in [-0.05, 0) is 41.1 Å². The molecule has 118 valence electrons. The van der Waals surface area contributed by atoms with Crippen molar-refractivity contribution in [1.82, 2.24) is 14.5 Å². The minimum Gasteiger partial charge on any atom is -0.291 e. The van der Waals surface area contributed by atoms with Crippen molar-refractivity contribution in [2.75, 3.05) is 0 Å². The summed E-state index contributed by atoms with van der Waals surface area (Å²) < 4.78 is 2.17. The van der Waals surface area contributed by atoms with Gasteiger partial charge in [0.25, 0.3) is 0 Å².